The van der Waals surface area contributed by atoms with Gasteiger partial charge in [0, 0.05) is 5.02 Å². The number of hydrogen-bond donors (Lipinski definition) is 1. The van der Waals surface area contributed by atoms with E-state index in [4.69, 9.17) is 11.6 Å². The van der Waals surface area contributed by atoms with E-state index in [1.54, 1.807) is 24.3 Å². The lowest BCUT2D eigenvalue weighted by Gasteiger charge is -2.30. The lowest BCUT2D eigenvalue weighted by Crippen LogP contribution is -2.38. The van der Waals surface area contributed by atoms with Crippen LogP contribution in [-0.4, -0.2) is 12.1 Å². The first-order valence-electron chi connectivity index (χ1n) is 5.80. The van der Waals surface area contributed by atoms with Crippen LogP contribution in [0.2, 0.25) is 5.02 Å². The normalized spacial score (nSPS) is 19.9. The standard InChI is InChI=1S/C13H15ClFNO/c14-11-5-3-4-10(8-11)12(16-9-17)13(15)6-1-2-7-13/h3-5,8-9,12H,1-2,6-7H2,(H,16,17). The lowest BCUT2D eigenvalue weighted by molar-refractivity contribution is -0.111. The minimum Gasteiger partial charge on any atom is -0.349 e. The van der Waals surface area contributed by atoms with Crippen LogP contribution >= 0.6 is 11.6 Å². The van der Waals surface area contributed by atoms with Crippen LogP contribution in [0.3, 0.4) is 0 Å². The monoisotopic (exact) mass is 255 g/mol. The van der Waals surface area contributed by atoms with Gasteiger partial charge in [0.2, 0.25) is 6.41 Å². The van der Waals surface area contributed by atoms with Crippen molar-refractivity contribution in [2.75, 3.05) is 0 Å². The van der Waals surface area contributed by atoms with E-state index in [2.05, 4.69) is 5.32 Å². The molecule has 1 atom stereocenters. The Labute approximate surface area is 105 Å². The molecular formula is C13H15ClFNO. The smallest absolute Gasteiger partial charge is 0.207 e. The van der Waals surface area contributed by atoms with Gasteiger partial charge in [-0.2, -0.15) is 0 Å². The molecule has 4 heteroatoms. The predicted molar refractivity (Wildman–Crippen MR) is 65.7 cm³/mol. The van der Waals surface area contributed by atoms with Gasteiger partial charge in [-0.25, -0.2) is 4.39 Å². The summed E-state index contributed by atoms with van der Waals surface area (Å²) in [5.74, 6) is 0. The average Bonchev–Trinajstić information content (AvgIpc) is 2.74. The lowest BCUT2D eigenvalue weighted by atomic mass is 9.89. The zero-order valence-corrected chi connectivity index (χ0v) is 10.2. The molecule has 0 aliphatic heterocycles. The summed E-state index contributed by atoms with van der Waals surface area (Å²) in [6.07, 6.45) is 3.28. The minimum absolute atomic E-state index is 0.491. The third-order valence-electron chi connectivity index (χ3n) is 3.37. The first-order chi connectivity index (χ1) is 8.15. The van der Waals surface area contributed by atoms with Crippen LogP contribution in [0, 0.1) is 0 Å². The van der Waals surface area contributed by atoms with Crippen LogP contribution in [0.1, 0.15) is 37.3 Å². The van der Waals surface area contributed by atoms with Crippen molar-refractivity contribution in [3.63, 3.8) is 0 Å². The molecule has 1 aliphatic carbocycles. The van der Waals surface area contributed by atoms with E-state index in [0.29, 0.717) is 24.3 Å². The Morgan fingerprint density at radius 1 is 1.41 bits per heavy atom. The summed E-state index contributed by atoms with van der Waals surface area (Å²) >= 11 is 5.90. The van der Waals surface area contributed by atoms with Crippen molar-refractivity contribution < 1.29 is 9.18 Å². The molecule has 1 aromatic carbocycles. The maximum atomic E-state index is 14.7. The van der Waals surface area contributed by atoms with Gasteiger partial charge < -0.3 is 5.32 Å². The van der Waals surface area contributed by atoms with Crippen molar-refractivity contribution >= 4 is 18.0 Å². The van der Waals surface area contributed by atoms with E-state index in [1.165, 1.54) is 0 Å². The summed E-state index contributed by atoms with van der Waals surface area (Å²) in [7, 11) is 0. The van der Waals surface area contributed by atoms with Gasteiger partial charge in [0.1, 0.15) is 5.67 Å². The molecule has 92 valence electrons. The van der Waals surface area contributed by atoms with E-state index in [1.807, 2.05) is 0 Å². The maximum absolute atomic E-state index is 14.7. The van der Waals surface area contributed by atoms with E-state index in [9.17, 15) is 9.18 Å². The van der Waals surface area contributed by atoms with Crippen molar-refractivity contribution in [2.24, 2.45) is 0 Å². The molecule has 1 aliphatic rings. The van der Waals surface area contributed by atoms with Crippen LogP contribution in [0.15, 0.2) is 24.3 Å². The van der Waals surface area contributed by atoms with Gasteiger partial charge in [-0.15, -0.1) is 0 Å². The molecular weight excluding hydrogens is 241 g/mol. The van der Waals surface area contributed by atoms with Crippen molar-refractivity contribution in [1.29, 1.82) is 0 Å². The third-order valence-corrected chi connectivity index (χ3v) is 3.60. The number of rotatable bonds is 4. The Morgan fingerprint density at radius 2 is 2.12 bits per heavy atom. The number of carbonyl (C=O) groups is 1. The molecule has 2 rings (SSSR count). The van der Waals surface area contributed by atoms with Crippen molar-refractivity contribution in [3.05, 3.63) is 34.9 Å². The molecule has 0 heterocycles. The number of alkyl halides is 1. The molecule has 2 nitrogen and oxygen atoms in total. The second-order valence-corrected chi connectivity index (χ2v) is 4.95. The van der Waals surface area contributed by atoms with Crippen LogP contribution in [0.4, 0.5) is 4.39 Å². The van der Waals surface area contributed by atoms with Crippen molar-refractivity contribution in [3.8, 4) is 0 Å². The van der Waals surface area contributed by atoms with Gasteiger partial charge in [0.15, 0.2) is 0 Å². The summed E-state index contributed by atoms with van der Waals surface area (Å²) in [6, 6.07) is 6.42. The van der Waals surface area contributed by atoms with Gasteiger partial charge in [-0.05, 0) is 30.5 Å². The molecule has 0 radical (unpaired) electrons. The second kappa shape index (κ2) is 5.05. The Hall–Kier alpha value is -1.09. The molecule has 0 bridgehead atoms. The molecule has 1 N–H and O–H groups in total. The van der Waals surface area contributed by atoms with E-state index in [-0.39, 0.29) is 0 Å². The number of carbonyl (C=O) groups excluding carboxylic acids is 1. The predicted octanol–water partition coefficient (Wildman–Crippen LogP) is 3.41. The molecule has 0 aromatic heterocycles. The van der Waals surface area contributed by atoms with Gasteiger partial charge in [-0.1, -0.05) is 36.6 Å². The molecule has 0 saturated heterocycles. The number of benzene rings is 1. The minimum atomic E-state index is -1.34. The van der Waals surface area contributed by atoms with E-state index >= 15 is 0 Å². The van der Waals surface area contributed by atoms with Gasteiger partial charge in [0.05, 0.1) is 6.04 Å². The Bertz CT molecular complexity index is 404. The summed E-state index contributed by atoms with van der Waals surface area (Å²) in [6.45, 7) is 0. The van der Waals surface area contributed by atoms with Crippen molar-refractivity contribution in [1.82, 2.24) is 5.32 Å². The third kappa shape index (κ3) is 2.60. The van der Waals surface area contributed by atoms with Crippen LogP contribution in [0.5, 0.6) is 0 Å². The van der Waals surface area contributed by atoms with E-state index in [0.717, 1.165) is 18.4 Å². The molecule has 0 spiro atoms. The zero-order chi connectivity index (χ0) is 12.3. The van der Waals surface area contributed by atoms with Crippen LogP contribution in [0.25, 0.3) is 0 Å². The first kappa shape index (κ1) is 12.4. The maximum Gasteiger partial charge on any atom is 0.207 e. The number of amides is 1. The zero-order valence-electron chi connectivity index (χ0n) is 9.46. The number of halogens is 2. The van der Waals surface area contributed by atoms with Crippen molar-refractivity contribution in [2.45, 2.75) is 37.4 Å². The molecule has 1 saturated carbocycles. The highest BCUT2D eigenvalue weighted by molar-refractivity contribution is 6.30. The fourth-order valence-corrected chi connectivity index (χ4v) is 2.75. The van der Waals surface area contributed by atoms with Crippen LogP contribution < -0.4 is 5.32 Å². The quantitative estimate of drug-likeness (QED) is 0.821. The highest BCUT2D eigenvalue weighted by Gasteiger charge is 2.42. The molecule has 1 unspecified atom stereocenters. The van der Waals surface area contributed by atoms with Crippen LogP contribution in [-0.2, 0) is 4.79 Å². The Morgan fingerprint density at radius 3 is 2.71 bits per heavy atom. The van der Waals surface area contributed by atoms with E-state index < -0.39 is 11.7 Å². The highest BCUT2D eigenvalue weighted by atomic mass is 35.5. The second-order valence-electron chi connectivity index (χ2n) is 4.51. The Balaban J connectivity index is 2.31. The summed E-state index contributed by atoms with van der Waals surface area (Å²) in [5.41, 5.74) is -0.611. The summed E-state index contributed by atoms with van der Waals surface area (Å²) in [4.78, 5) is 10.7. The average molecular weight is 256 g/mol. The fourth-order valence-electron chi connectivity index (χ4n) is 2.55. The SMILES string of the molecule is O=CNC(c1cccc(Cl)c1)C1(F)CCCC1. The summed E-state index contributed by atoms with van der Waals surface area (Å²) in [5, 5.41) is 3.15. The number of hydrogen-bond acceptors (Lipinski definition) is 1. The first-order valence-corrected chi connectivity index (χ1v) is 6.17. The topological polar surface area (TPSA) is 29.1 Å². The molecule has 17 heavy (non-hydrogen) atoms. The summed E-state index contributed by atoms with van der Waals surface area (Å²) < 4.78 is 14.7. The van der Waals surface area contributed by atoms with Gasteiger partial charge in [0.25, 0.3) is 0 Å². The molecule has 1 amide bonds. The number of nitrogens with one attached hydrogen (secondary N) is 1. The molecule has 1 fully saturated rings. The highest BCUT2D eigenvalue weighted by Crippen LogP contribution is 2.43. The van der Waals surface area contributed by atoms with Gasteiger partial charge in [-0.3, -0.25) is 4.79 Å². The largest absolute Gasteiger partial charge is 0.349 e. The Kier molecular flexibility index (Phi) is 3.67. The fraction of sp³-hybridized carbons (Fsp3) is 0.462. The molecule has 1 aromatic rings. The van der Waals surface area contributed by atoms with Gasteiger partial charge >= 0.3 is 0 Å².